The largest absolute Gasteiger partial charge is 0.353 e. The van der Waals surface area contributed by atoms with E-state index in [1.165, 1.54) is 11.8 Å². The number of carbonyl (C=O) groups is 1. The predicted octanol–water partition coefficient (Wildman–Crippen LogP) is 1.26. The van der Waals surface area contributed by atoms with Crippen LogP contribution >= 0.6 is 11.8 Å². The average molecular weight is 391 g/mol. The second-order valence-corrected chi connectivity index (χ2v) is 7.99. The smallest absolute Gasteiger partial charge is 0.223 e. The van der Waals surface area contributed by atoms with Gasteiger partial charge in [0.05, 0.1) is 0 Å². The highest BCUT2D eigenvalue weighted by Gasteiger charge is 2.22. The van der Waals surface area contributed by atoms with Crippen LogP contribution in [-0.2, 0) is 11.8 Å². The molecule has 0 aliphatic carbocycles. The Kier molecular flexibility index (Phi) is 6.25. The maximum atomic E-state index is 12.5. The third kappa shape index (κ3) is 4.94. The first-order valence-electron chi connectivity index (χ1n) is 9.17. The van der Waals surface area contributed by atoms with Crippen molar-refractivity contribution >= 4 is 23.5 Å². The molecule has 3 heterocycles. The van der Waals surface area contributed by atoms with E-state index in [2.05, 4.69) is 39.3 Å². The lowest BCUT2D eigenvalue weighted by atomic mass is 10.2. The van der Waals surface area contributed by atoms with Crippen molar-refractivity contribution in [3.8, 4) is 0 Å². The van der Waals surface area contributed by atoms with Gasteiger partial charge in [-0.25, -0.2) is 14.6 Å². The Morgan fingerprint density at radius 3 is 2.59 bits per heavy atom. The molecule has 0 N–H and O–H groups in total. The molecule has 0 saturated carbocycles. The Hall–Kier alpha value is -2.23. The van der Waals surface area contributed by atoms with Crippen LogP contribution in [0.5, 0.6) is 0 Å². The van der Waals surface area contributed by atoms with Gasteiger partial charge in [0.2, 0.25) is 11.1 Å². The van der Waals surface area contributed by atoms with Gasteiger partial charge in [-0.2, -0.15) is 0 Å². The van der Waals surface area contributed by atoms with Gasteiger partial charge in [0.1, 0.15) is 11.6 Å². The van der Waals surface area contributed by atoms with Crippen LogP contribution in [0.15, 0.2) is 11.2 Å². The molecule has 0 radical (unpaired) electrons. The highest BCUT2D eigenvalue weighted by atomic mass is 32.2. The van der Waals surface area contributed by atoms with E-state index in [-0.39, 0.29) is 5.91 Å². The number of hydrogen-bond acceptors (Lipinski definition) is 8. The Labute approximate surface area is 163 Å². The van der Waals surface area contributed by atoms with Gasteiger partial charge >= 0.3 is 0 Å². The van der Waals surface area contributed by atoms with Crippen molar-refractivity contribution in [1.29, 1.82) is 0 Å². The van der Waals surface area contributed by atoms with Crippen LogP contribution in [0.4, 0.5) is 5.82 Å². The minimum absolute atomic E-state index is 0.180. The van der Waals surface area contributed by atoms with Crippen LogP contribution < -0.4 is 4.90 Å². The van der Waals surface area contributed by atoms with E-state index in [0.29, 0.717) is 18.1 Å². The maximum absolute atomic E-state index is 12.5. The van der Waals surface area contributed by atoms with Crippen molar-refractivity contribution < 1.29 is 4.79 Å². The topological polar surface area (TPSA) is 92.9 Å². The molecule has 9 nitrogen and oxygen atoms in total. The van der Waals surface area contributed by atoms with E-state index in [0.717, 1.165) is 48.7 Å². The summed E-state index contributed by atoms with van der Waals surface area (Å²) in [5, 5.41) is 12.0. The van der Waals surface area contributed by atoms with Crippen molar-refractivity contribution in [2.24, 2.45) is 7.05 Å². The number of carbonyl (C=O) groups excluding carboxylic acids is 1. The first-order valence-corrected chi connectivity index (χ1v) is 10.2. The second kappa shape index (κ2) is 8.64. The molecule has 0 aromatic carbocycles. The molecular formula is C17H26N8OS. The lowest BCUT2D eigenvalue weighted by molar-refractivity contribution is -0.131. The molecule has 3 rings (SSSR count). The highest BCUT2D eigenvalue weighted by Crippen LogP contribution is 2.19. The van der Waals surface area contributed by atoms with Crippen LogP contribution in [0.3, 0.4) is 0 Å². The Balaban J connectivity index is 1.50. The molecule has 146 valence electrons. The maximum Gasteiger partial charge on any atom is 0.223 e. The first kappa shape index (κ1) is 19.5. The van der Waals surface area contributed by atoms with Crippen molar-refractivity contribution in [3.05, 3.63) is 17.6 Å². The molecule has 1 aliphatic heterocycles. The molecule has 10 heteroatoms. The molecule has 2 aromatic heterocycles. The zero-order chi connectivity index (χ0) is 19.4. The zero-order valence-corrected chi connectivity index (χ0v) is 17.1. The summed E-state index contributed by atoms with van der Waals surface area (Å²) in [6.07, 6.45) is 0.488. The molecule has 1 aliphatic rings. The Morgan fingerprint density at radius 2 is 1.96 bits per heavy atom. The van der Waals surface area contributed by atoms with Gasteiger partial charge < -0.3 is 9.80 Å². The molecule has 1 saturated heterocycles. The monoisotopic (exact) mass is 390 g/mol. The van der Waals surface area contributed by atoms with Crippen LogP contribution in [0.2, 0.25) is 0 Å². The average Bonchev–Trinajstić information content (AvgIpc) is 3.06. The SMILES string of the molecule is Cc1cc(N2CCN(C(=O)CCSc3nnnn3C)CC2)nc(C(C)C)n1. The summed E-state index contributed by atoms with van der Waals surface area (Å²) < 4.78 is 1.61. The molecule has 1 fully saturated rings. The van der Waals surface area contributed by atoms with Crippen molar-refractivity contribution in [2.75, 3.05) is 36.8 Å². The van der Waals surface area contributed by atoms with Crippen LogP contribution in [0.25, 0.3) is 0 Å². The summed E-state index contributed by atoms with van der Waals surface area (Å²) in [6, 6.07) is 2.02. The van der Waals surface area contributed by atoms with Gasteiger partial charge in [0, 0.05) is 63.1 Å². The van der Waals surface area contributed by atoms with Gasteiger partial charge in [-0.3, -0.25) is 4.79 Å². The van der Waals surface area contributed by atoms with Crippen LogP contribution in [0.1, 0.15) is 37.7 Å². The number of anilines is 1. The number of tetrazole rings is 1. The minimum atomic E-state index is 0.180. The number of amides is 1. The summed E-state index contributed by atoms with van der Waals surface area (Å²) in [5.74, 6) is 2.99. The fraction of sp³-hybridized carbons (Fsp3) is 0.647. The van der Waals surface area contributed by atoms with Gasteiger partial charge in [0.15, 0.2) is 0 Å². The van der Waals surface area contributed by atoms with Crippen LogP contribution in [0, 0.1) is 6.92 Å². The lowest BCUT2D eigenvalue weighted by Crippen LogP contribution is -2.49. The highest BCUT2D eigenvalue weighted by molar-refractivity contribution is 7.99. The molecule has 2 aromatic rings. The Bertz CT molecular complexity index is 785. The number of hydrogen-bond donors (Lipinski definition) is 0. The summed E-state index contributed by atoms with van der Waals surface area (Å²) >= 11 is 1.50. The molecule has 0 spiro atoms. The van der Waals surface area contributed by atoms with Crippen molar-refractivity contribution in [3.63, 3.8) is 0 Å². The number of piperazine rings is 1. The van der Waals surface area contributed by atoms with Crippen molar-refractivity contribution in [1.82, 2.24) is 35.1 Å². The van der Waals surface area contributed by atoms with E-state index in [9.17, 15) is 4.79 Å². The number of aromatic nitrogens is 6. The van der Waals surface area contributed by atoms with Gasteiger partial charge in [-0.1, -0.05) is 25.6 Å². The molecule has 27 heavy (non-hydrogen) atoms. The first-order chi connectivity index (χ1) is 12.9. The van der Waals surface area contributed by atoms with E-state index < -0.39 is 0 Å². The van der Waals surface area contributed by atoms with E-state index in [1.54, 1.807) is 11.7 Å². The Morgan fingerprint density at radius 1 is 1.22 bits per heavy atom. The van der Waals surface area contributed by atoms with Gasteiger partial charge in [0.25, 0.3) is 0 Å². The molecule has 1 amide bonds. The number of nitrogens with zero attached hydrogens (tertiary/aromatic N) is 8. The molecular weight excluding hydrogens is 364 g/mol. The number of rotatable bonds is 6. The van der Waals surface area contributed by atoms with E-state index in [4.69, 9.17) is 4.98 Å². The fourth-order valence-electron chi connectivity index (χ4n) is 2.91. The number of aryl methyl sites for hydroxylation is 2. The summed E-state index contributed by atoms with van der Waals surface area (Å²) in [7, 11) is 1.79. The minimum Gasteiger partial charge on any atom is -0.353 e. The van der Waals surface area contributed by atoms with E-state index in [1.807, 2.05) is 17.9 Å². The fourth-order valence-corrected chi connectivity index (χ4v) is 3.69. The van der Waals surface area contributed by atoms with Crippen LogP contribution in [-0.4, -0.2) is 72.9 Å². The standard InChI is InChI=1S/C17H26N8OS/c1-12(2)16-18-13(3)11-14(19-16)24-6-8-25(9-7-24)15(26)5-10-27-17-20-21-22-23(17)4/h11-12H,5-10H2,1-4H3. The lowest BCUT2D eigenvalue weighted by Gasteiger charge is -2.35. The second-order valence-electron chi connectivity index (χ2n) is 6.93. The summed E-state index contributed by atoms with van der Waals surface area (Å²) in [6.45, 7) is 9.22. The third-order valence-electron chi connectivity index (χ3n) is 4.46. The molecule has 0 atom stereocenters. The zero-order valence-electron chi connectivity index (χ0n) is 16.3. The predicted molar refractivity (Wildman–Crippen MR) is 104 cm³/mol. The van der Waals surface area contributed by atoms with Gasteiger partial charge in [-0.15, -0.1) is 5.10 Å². The van der Waals surface area contributed by atoms with Gasteiger partial charge in [-0.05, 0) is 17.4 Å². The quantitative estimate of drug-likeness (QED) is 0.681. The summed E-state index contributed by atoms with van der Waals surface area (Å²) in [4.78, 5) is 25.8. The van der Waals surface area contributed by atoms with E-state index >= 15 is 0 Å². The number of thioether (sulfide) groups is 1. The van der Waals surface area contributed by atoms with Crippen molar-refractivity contribution in [2.45, 2.75) is 38.3 Å². The third-order valence-corrected chi connectivity index (χ3v) is 5.47. The summed E-state index contributed by atoms with van der Waals surface area (Å²) in [5.41, 5.74) is 0.984. The molecule has 0 unspecified atom stereocenters. The molecule has 0 bridgehead atoms. The normalized spacial score (nSPS) is 14.9.